The molecular weight excluding hydrogens is 352 g/mol. The van der Waals surface area contributed by atoms with E-state index in [0.717, 1.165) is 5.56 Å². The summed E-state index contributed by atoms with van der Waals surface area (Å²) < 4.78 is 10.9. The molecule has 1 aromatic heterocycles. The Labute approximate surface area is 153 Å². The van der Waals surface area contributed by atoms with Crippen molar-refractivity contribution in [2.45, 2.75) is 20.0 Å². The molecule has 3 aromatic rings. The number of benzene rings is 2. The van der Waals surface area contributed by atoms with E-state index in [0.29, 0.717) is 16.7 Å². The summed E-state index contributed by atoms with van der Waals surface area (Å²) in [6.45, 7) is 1.84. The van der Waals surface area contributed by atoms with Crippen molar-refractivity contribution in [2.24, 2.45) is 0 Å². The average Bonchev–Trinajstić information content (AvgIpc) is 2.63. The quantitative estimate of drug-likeness (QED) is 0.577. The Morgan fingerprint density at radius 2 is 1.78 bits per heavy atom. The van der Waals surface area contributed by atoms with Gasteiger partial charge in [0.15, 0.2) is 0 Å². The fourth-order valence-corrected chi connectivity index (χ4v) is 2.72. The van der Waals surface area contributed by atoms with E-state index in [-0.39, 0.29) is 23.3 Å². The number of aromatic carboxylic acids is 1. The third kappa shape index (κ3) is 3.98. The van der Waals surface area contributed by atoms with Gasteiger partial charge in [-0.2, -0.15) is 0 Å². The second kappa shape index (κ2) is 7.33. The smallest absolute Gasteiger partial charge is 0.340 e. The molecule has 0 aliphatic rings. The first-order valence-corrected chi connectivity index (χ1v) is 8.04. The van der Waals surface area contributed by atoms with E-state index in [9.17, 15) is 24.6 Å². The van der Waals surface area contributed by atoms with Gasteiger partial charge in [-0.1, -0.05) is 24.3 Å². The molecule has 0 radical (unpaired) electrons. The zero-order chi connectivity index (χ0) is 19.6. The van der Waals surface area contributed by atoms with E-state index in [1.54, 1.807) is 37.3 Å². The maximum absolute atomic E-state index is 12.0. The summed E-state index contributed by atoms with van der Waals surface area (Å²) in [5.41, 5.74) is 0.971. The van der Waals surface area contributed by atoms with E-state index in [2.05, 4.69) is 0 Å². The minimum absolute atomic E-state index is 0.0594. The van der Waals surface area contributed by atoms with E-state index in [4.69, 9.17) is 9.15 Å². The monoisotopic (exact) mass is 366 g/mol. The molecule has 0 unspecified atom stereocenters. The van der Waals surface area contributed by atoms with Gasteiger partial charge in [-0.3, -0.25) is 0 Å². The number of carboxylic acids is 2. The van der Waals surface area contributed by atoms with Crippen LogP contribution in [0.3, 0.4) is 0 Å². The van der Waals surface area contributed by atoms with Crippen LogP contribution >= 0.6 is 0 Å². The number of carboxylic acid groups (broad SMARTS) is 2. The highest BCUT2D eigenvalue weighted by Gasteiger charge is 2.12. The number of rotatable bonds is 6. The zero-order valence-corrected chi connectivity index (χ0v) is 14.3. The molecule has 0 spiro atoms. The Hall–Kier alpha value is -3.61. The number of aryl methyl sites for hydroxylation is 1. The van der Waals surface area contributed by atoms with E-state index < -0.39 is 24.0 Å². The molecule has 138 valence electrons. The van der Waals surface area contributed by atoms with Crippen molar-refractivity contribution in [3.8, 4) is 5.75 Å². The Balaban J connectivity index is 1.83. The molecule has 0 aliphatic carbocycles. The second-order valence-electron chi connectivity index (χ2n) is 5.97. The van der Waals surface area contributed by atoms with Gasteiger partial charge < -0.3 is 29.0 Å². The summed E-state index contributed by atoms with van der Waals surface area (Å²) in [5.74, 6) is -2.16. The molecule has 0 saturated carbocycles. The number of ether oxygens (including phenoxy) is 1. The van der Waals surface area contributed by atoms with Crippen molar-refractivity contribution in [1.29, 1.82) is 0 Å². The lowest BCUT2D eigenvalue weighted by Gasteiger charge is -2.11. The second-order valence-corrected chi connectivity index (χ2v) is 5.97. The molecular formula is C20H14O7-2. The summed E-state index contributed by atoms with van der Waals surface area (Å²) in [5, 5.41) is 22.1. The van der Waals surface area contributed by atoms with Crippen molar-refractivity contribution in [3.63, 3.8) is 0 Å². The summed E-state index contributed by atoms with van der Waals surface area (Å²) in [7, 11) is 0. The lowest BCUT2D eigenvalue weighted by molar-refractivity contribution is -0.304. The minimum atomic E-state index is -1.35. The largest absolute Gasteiger partial charge is 0.550 e. The van der Waals surface area contributed by atoms with Gasteiger partial charge in [0.2, 0.25) is 0 Å². The van der Waals surface area contributed by atoms with Crippen LogP contribution in [0.15, 0.2) is 51.7 Å². The topological polar surface area (TPSA) is 120 Å². The van der Waals surface area contributed by atoms with Gasteiger partial charge >= 0.3 is 5.63 Å². The average molecular weight is 366 g/mol. The number of carbonyl (C=O) groups is 2. The number of hydrogen-bond donors (Lipinski definition) is 0. The molecule has 7 heteroatoms. The number of hydrogen-bond acceptors (Lipinski definition) is 7. The fraction of sp³-hybridized carbons (Fsp3) is 0.150. The van der Waals surface area contributed by atoms with Gasteiger partial charge in [0.05, 0.1) is 5.97 Å². The van der Waals surface area contributed by atoms with Crippen LogP contribution in [0.2, 0.25) is 0 Å². The Morgan fingerprint density at radius 1 is 1.07 bits per heavy atom. The maximum atomic E-state index is 12.0. The SMILES string of the molecule is Cc1c(CC(=O)[O-])c(=O)oc2cc(OCc3ccc(C(=O)[O-])cc3)ccc12. The molecule has 7 nitrogen and oxygen atoms in total. The van der Waals surface area contributed by atoms with Crippen LogP contribution in [0, 0.1) is 6.92 Å². The summed E-state index contributed by atoms with van der Waals surface area (Å²) in [4.78, 5) is 33.5. The lowest BCUT2D eigenvalue weighted by Crippen LogP contribution is -2.27. The zero-order valence-electron chi connectivity index (χ0n) is 14.3. The number of carbonyl (C=O) groups excluding carboxylic acids is 2. The molecule has 0 fully saturated rings. The predicted octanol–water partition coefficient (Wildman–Crippen LogP) is 0.336. The van der Waals surface area contributed by atoms with Crippen LogP contribution in [-0.2, 0) is 17.8 Å². The van der Waals surface area contributed by atoms with E-state index >= 15 is 0 Å². The Bertz CT molecular complexity index is 1080. The normalized spacial score (nSPS) is 10.7. The van der Waals surface area contributed by atoms with Crippen LogP contribution in [-0.4, -0.2) is 11.9 Å². The third-order valence-electron chi connectivity index (χ3n) is 4.18. The molecule has 3 rings (SSSR count). The lowest BCUT2D eigenvalue weighted by atomic mass is 10.0. The molecule has 0 aliphatic heterocycles. The van der Waals surface area contributed by atoms with E-state index in [1.807, 2.05) is 0 Å². The van der Waals surface area contributed by atoms with Gasteiger partial charge in [-0.05, 0) is 35.7 Å². The van der Waals surface area contributed by atoms with Gasteiger partial charge in [0.25, 0.3) is 0 Å². The first kappa shape index (κ1) is 18.2. The van der Waals surface area contributed by atoms with Crippen molar-refractivity contribution in [3.05, 3.63) is 75.1 Å². The van der Waals surface area contributed by atoms with Crippen LogP contribution in [0.4, 0.5) is 0 Å². The van der Waals surface area contributed by atoms with Crippen LogP contribution < -0.4 is 20.6 Å². The van der Waals surface area contributed by atoms with Crippen LogP contribution in [0.25, 0.3) is 11.0 Å². The predicted molar refractivity (Wildman–Crippen MR) is 91.0 cm³/mol. The third-order valence-corrected chi connectivity index (χ3v) is 4.18. The molecule has 0 N–H and O–H groups in total. The minimum Gasteiger partial charge on any atom is -0.550 e. The summed E-state index contributed by atoms with van der Waals surface area (Å²) >= 11 is 0. The van der Waals surface area contributed by atoms with E-state index in [1.165, 1.54) is 12.1 Å². The molecule has 0 bridgehead atoms. The van der Waals surface area contributed by atoms with Crippen LogP contribution in [0.1, 0.15) is 27.0 Å². The Morgan fingerprint density at radius 3 is 2.41 bits per heavy atom. The molecule has 0 atom stereocenters. The summed E-state index contributed by atoms with van der Waals surface area (Å²) in [6.07, 6.45) is -0.510. The van der Waals surface area contributed by atoms with Crippen molar-refractivity contribution >= 4 is 22.9 Å². The fourth-order valence-electron chi connectivity index (χ4n) is 2.72. The number of aliphatic carboxylic acids is 1. The molecule has 27 heavy (non-hydrogen) atoms. The van der Waals surface area contributed by atoms with Crippen molar-refractivity contribution in [1.82, 2.24) is 0 Å². The highest BCUT2D eigenvalue weighted by Crippen LogP contribution is 2.25. The highest BCUT2D eigenvalue weighted by atomic mass is 16.5. The first-order chi connectivity index (χ1) is 12.8. The molecule has 0 saturated heterocycles. The molecule has 2 aromatic carbocycles. The van der Waals surface area contributed by atoms with Crippen molar-refractivity contribution in [2.75, 3.05) is 0 Å². The molecule has 1 heterocycles. The van der Waals surface area contributed by atoms with Gasteiger partial charge in [-0.25, -0.2) is 4.79 Å². The number of fused-ring (bicyclic) bond motifs is 1. The van der Waals surface area contributed by atoms with Gasteiger partial charge in [-0.15, -0.1) is 0 Å². The standard InChI is InChI=1S/C20H16O7/c1-11-15-7-6-14(8-17(15)27-20(25)16(11)9-18(21)22)26-10-12-2-4-13(5-3-12)19(23)24/h2-8H,9-10H2,1H3,(H,21,22)(H,23,24)/p-2. The summed E-state index contributed by atoms with van der Waals surface area (Å²) in [6, 6.07) is 11.0. The van der Waals surface area contributed by atoms with Crippen LogP contribution in [0.5, 0.6) is 5.75 Å². The van der Waals surface area contributed by atoms with Gasteiger partial charge in [0.1, 0.15) is 17.9 Å². The maximum Gasteiger partial charge on any atom is 0.340 e. The van der Waals surface area contributed by atoms with Crippen molar-refractivity contribution < 1.29 is 29.0 Å². The van der Waals surface area contributed by atoms with Gasteiger partial charge in [0, 0.05) is 29.4 Å². The highest BCUT2D eigenvalue weighted by molar-refractivity contribution is 5.85. The first-order valence-electron chi connectivity index (χ1n) is 8.04. The Kier molecular flexibility index (Phi) is 4.94. The molecule has 0 amide bonds.